The lowest BCUT2D eigenvalue weighted by atomic mass is 10.2. The van der Waals surface area contributed by atoms with Gasteiger partial charge in [0.25, 0.3) is 0 Å². The molecule has 0 fully saturated rings. The maximum atomic E-state index is 4.78. The van der Waals surface area contributed by atoms with Crippen LogP contribution in [0.1, 0.15) is 39.1 Å². The van der Waals surface area contributed by atoms with E-state index >= 15 is 0 Å². The first-order chi connectivity index (χ1) is 9.61. The van der Waals surface area contributed by atoms with E-state index in [0.717, 1.165) is 34.2 Å². The lowest BCUT2D eigenvalue weighted by Gasteiger charge is -2.13. The predicted molar refractivity (Wildman–Crippen MR) is 87.1 cm³/mol. The Morgan fingerprint density at radius 1 is 1.25 bits per heavy atom. The summed E-state index contributed by atoms with van der Waals surface area (Å²) in [6, 6.07) is 6.66. The van der Waals surface area contributed by atoms with Crippen LogP contribution in [-0.4, -0.2) is 14.5 Å². The minimum atomic E-state index is 0.399. The van der Waals surface area contributed by atoms with Crippen molar-refractivity contribution in [2.24, 2.45) is 0 Å². The van der Waals surface area contributed by atoms with E-state index in [9.17, 15) is 0 Å². The van der Waals surface area contributed by atoms with E-state index in [2.05, 4.69) is 64.5 Å². The van der Waals surface area contributed by atoms with Crippen LogP contribution in [0.2, 0.25) is 0 Å². The molecule has 1 aromatic carbocycles. The van der Waals surface area contributed by atoms with Gasteiger partial charge in [0.05, 0.1) is 17.2 Å². The first-order valence-electron chi connectivity index (χ1n) is 7.07. The Hall–Kier alpha value is -1.42. The number of aromatic nitrogens is 3. The molecule has 3 rings (SSSR count). The van der Waals surface area contributed by atoms with Crippen LogP contribution in [0.4, 0.5) is 0 Å². The highest BCUT2D eigenvalue weighted by molar-refractivity contribution is 9.10. The Kier molecular flexibility index (Phi) is 3.50. The largest absolute Gasteiger partial charge is 0.325 e. The fourth-order valence-electron chi connectivity index (χ4n) is 2.75. The molecular formula is C16H18BrN3. The number of fused-ring (bicyclic) bond motifs is 3. The normalized spacial score (nSPS) is 11.8. The number of halogens is 1. The van der Waals surface area contributed by atoms with Crippen molar-refractivity contribution in [2.75, 3.05) is 0 Å². The summed E-state index contributed by atoms with van der Waals surface area (Å²) >= 11 is 3.51. The van der Waals surface area contributed by atoms with E-state index in [1.54, 1.807) is 0 Å². The smallest absolute Gasteiger partial charge is 0.110 e. The van der Waals surface area contributed by atoms with Crippen LogP contribution in [-0.2, 0) is 6.42 Å². The first-order valence-corrected chi connectivity index (χ1v) is 7.86. The summed E-state index contributed by atoms with van der Waals surface area (Å²) in [6.07, 6.45) is 4.00. The summed E-state index contributed by atoms with van der Waals surface area (Å²) in [6.45, 7) is 6.62. The van der Waals surface area contributed by atoms with Crippen LogP contribution in [0.5, 0.6) is 0 Å². The van der Waals surface area contributed by atoms with Crippen LogP contribution in [0, 0.1) is 0 Å². The zero-order valence-corrected chi connectivity index (χ0v) is 13.6. The first kappa shape index (κ1) is 13.6. The second-order valence-corrected chi connectivity index (χ2v) is 6.31. The van der Waals surface area contributed by atoms with Crippen molar-refractivity contribution < 1.29 is 0 Å². The number of aryl methyl sites for hydroxylation is 1. The Labute approximate surface area is 127 Å². The number of hydrogen-bond donors (Lipinski definition) is 0. The Bertz CT molecular complexity index is 774. The van der Waals surface area contributed by atoms with Crippen LogP contribution in [0.3, 0.4) is 0 Å². The van der Waals surface area contributed by atoms with Gasteiger partial charge in [0.15, 0.2) is 0 Å². The topological polar surface area (TPSA) is 30.7 Å². The van der Waals surface area contributed by atoms with Gasteiger partial charge in [0, 0.05) is 22.3 Å². The molecule has 3 nitrogen and oxygen atoms in total. The molecule has 0 radical (unpaired) electrons. The van der Waals surface area contributed by atoms with Gasteiger partial charge in [-0.3, -0.25) is 4.98 Å². The number of benzene rings is 1. The molecule has 4 heteroatoms. The second kappa shape index (κ2) is 5.17. The highest BCUT2D eigenvalue weighted by Gasteiger charge is 2.15. The lowest BCUT2D eigenvalue weighted by molar-refractivity contribution is 0.581. The molecule has 3 aromatic rings. The standard InChI is InChI=1S/C16H18BrN3/c1-4-5-15-19-14-9-18-13-8-11(17)6-7-12(13)16(14)20(15)10(2)3/h6-10H,4-5H2,1-3H3. The van der Waals surface area contributed by atoms with Gasteiger partial charge in [-0.25, -0.2) is 4.98 Å². The number of hydrogen-bond acceptors (Lipinski definition) is 2. The van der Waals surface area contributed by atoms with Gasteiger partial charge in [-0.15, -0.1) is 0 Å². The lowest BCUT2D eigenvalue weighted by Crippen LogP contribution is -2.06. The molecular weight excluding hydrogens is 314 g/mol. The molecule has 2 aromatic heterocycles. The van der Waals surface area contributed by atoms with Crippen molar-refractivity contribution in [3.05, 3.63) is 34.7 Å². The average molecular weight is 332 g/mol. The van der Waals surface area contributed by atoms with Crippen LogP contribution >= 0.6 is 15.9 Å². The molecule has 0 atom stereocenters. The second-order valence-electron chi connectivity index (χ2n) is 5.40. The van der Waals surface area contributed by atoms with Crippen molar-refractivity contribution in [3.63, 3.8) is 0 Å². The molecule has 20 heavy (non-hydrogen) atoms. The quantitative estimate of drug-likeness (QED) is 0.684. The summed E-state index contributed by atoms with van der Waals surface area (Å²) < 4.78 is 3.41. The Morgan fingerprint density at radius 2 is 2.05 bits per heavy atom. The van der Waals surface area contributed by atoms with Crippen molar-refractivity contribution >= 4 is 37.9 Å². The fourth-order valence-corrected chi connectivity index (χ4v) is 3.10. The van der Waals surface area contributed by atoms with Gasteiger partial charge in [-0.1, -0.05) is 22.9 Å². The molecule has 0 saturated carbocycles. The van der Waals surface area contributed by atoms with Gasteiger partial charge in [0.2, 0.25) is 0 Å². The zero-order chi connectivity index (χ0) is 14.3. The summed E-state index contributed by atoms with van der Waals surface area (Å²) in [5, 5.41) is 1.18. The maximum absolute atomic E-state index is 4.78. The van der Waals surface area contributed by atoms with E-state index in [-0.39, 0.29) is 0 Å². The molecule has 0 unspecified atom stereocenters. The van der Waals surface area contributed by atoms with E-state index in [1.165, 1.54) is 10.9 Å². The molecule has 104 valence electrons. The molecule has 0 N–H and O–H groups in total. The van der Waals surface area contributed by atoms with Crippen molar-refractivity contribution in [1.82, 2.24) is 14.5 Å². The fraction of sp³-hybridized carbons (Fsp3) is 0.375. The van der Waals surface area contributed by atoms with Gasteiger partial charge < -0.3 is 4.57 Å². The van der Waals surface area contributed by atoms with Crippen molar-refractivity contribution in [3.8, 4) is 0 Å². The molecule has 0 amide bonds. The minimum Gasteiger partial charge on any atom is -0.325 e. The van der Waals surface area contributed by atoms with E-state index < -0.39 is 0 Å². The van der Waals surface area contributed by atoms with Crippen LogP contribution < -0.4 is 0 Å². The average Bonchev–Trinajstić information content (AvgIpc) is 2.77. The highest BCUT2D eigenvalue weighted by Crippen LogP contribution is 2.29. The number of rotatable bonds is 3. The van der Waals surface area contributed by atoms with Gasteiger partial charge in [-0.05, 0) is 38.5 Å². The summed E-state index contributed by atoms with van der Waals surface area (Å²) in [7, 11) is 0. The van der Waals surface area contributed by atoms with E-state index in [0.29, 0.717) is 6.04 Å². The van der Waals surface area contributed by atoms with Gasteiger partial charge >= 0.3 is 0 Å². The van der Waals surface area contributed by atoms with E-state index in [1.807, 2.05) is 6.20 Å². The Morgan fingerprint density at radius 3 is 2.75 bits per heavy atom. The predicted octanol–water partition coefficient (Wildman–Crippen LogP) is 4.88. The van der Waals surface area contributed by atoms with E-state index in [4.69, 9.17) is 4.98 Å². The van der Waals surface area contributed by atoms with Crippen molar-refractivity contribution in [1.29, 1.82) is 0 Å². The van der Waals surface area contributed by atoms with Gasteiger partial charge in [-0.2, -0.15) is 0 Å². The number of nitrogens with zero attached hydrogens (tertiary/aromatic N) is 3. The number of pyridine rings is 1. The van der Waals surface area contributed by atoms with Gasteiger partial charge in [0.1, 0.15) is 11.3 Å². The molecule has 0 aliphatic rings. The summed E-state index contributed by atoms with van der Waals surface area (Å²) in [5.41, 5.74) is 3.22. The molecule has 0 spiro atoms. The molecule has 0 saturated heterocycles. The number of imidazole rings is 1. The molecule has 2 heterocycles. The SMILES string of the molecule is CCCc1nc2cnc3cc(Br)ccc3c2n1C(C)C. The third-order valence-electron chi connectivity index (χ3n) is 3.54. The Balaban J connectivity index is 2.41. The van der Waals surface area contributed by atoms with Crippen LogP contribution in [0.15, 0.2) is 28.9 Å². The molecule has 0 aliphatic heterocycles. The summed E-state index contributed by atoms with van der Waals surface area (Å²) in [5.74, 6) is 1.16. The third kappa shape index (κ3) is 2.12. The summed E-state index contributed by atoms with van der Waals surface area (Å²) in [4.78, 5) is 9.32. The highest BCUT2D eigenvalue weighted by atomic mass is 79.9. The minimum absolute atomic E-state index is 0.399. The molecule has 0 aliphatic carbocycles. The molecule has 0 bridgehead atoms. The monoisotopic (exact) mass is 331 g/mol. The van der Waals surface area contributed by atoms with Crippen LogP contribution in [0.25, 0.3) is 21.9 Å². The van der Waals surface area contributed by atoms with Crippen molar-refractivity contribution in [2.45, 2.75) is 39.7 Å². The zero-order valence-electron chi connectivity index (χ0n) is 12.0. The maximum Gasteiger partial charge on any atom is 0.110 e. The third-order valence-corrected chi connectivity index (χ3v) is 4.04.